The third-order valence-electron chi connectivity index (χ3n) is 3.06. The number of hydrogen-bond acceptors (Lipinski definition) is 2. The number of hydrogen-bond donors (Lipinski definition) is 1. The van der Waals surface area contributed by atoms with Crippen LogP contribution >= 0.6 is 0 Å². The van der Waals surface area contributed by atoms with E-state index in [1.807, 2.05) is 0 Å². The molecular formula is C11H20N2. The molecule has 0 heterocycles. The van der Waals surface area contributed by atoms with E-state index >= 15 is 0 Å². The summed E-state index contributed by atoms with van der Waals surface area (Å²) in [6.07, 6.45) is 7.60. The van der Waals surface area contributed by atoms with Crippen LogP contribution in [0.5, 0.6) is 0 Å². The van der Waals surface area contributed by atoms with Crippen molar-refractivity contribution in [1.82, 2.24) is 5.32 Å². The van der Waals surface area contributed by atoms with Crippen LogP contribution in [0.1, 0.15) is 45.4 Å². The molecule has 74 valence electrons. The van der Waals surface area contributed by atoms with Crippen molar-refractivity contribution in [3.8, 4) is 6.07 Å². The van der Waals surface area contributed by atoms with Crippen LogP contribution in [-0.4, -0.2) is 12.6 Å². The third-order valence-corrected chi connectivity index (χ3v) is 3.06. The molecule has 0 aromatic heterocycles. The van der Waals surface area contributed by atoms with Gasteiger partial charge < -0.3 is 5.32 Å². The first-order valence-electron chi connectivity index (χ1n) is 5.45. The molecule has 0 aromatic carbocycles. The Bertz CT molecular complexity index is 165. The number of rotatable bonds is 4. The summed E-state index contributed by atoms with van der Waals surface area (Å²) >= 11 is 0. The van der Waals surface area contributed by atoms with E-state index in [0.29, 0.717) is 12.5 Å². The zero-order chi connectivity index (χ0) is 9.52. The topological polar surface area (TPSA) is 35.8 Å². The van der Waals surface area contributed by atoms with Gasteiger partial charge in [-0.15, -0.1) is 0 Å². The summed E-state index contributed by atoms with van der Waals surface area (Å²) in [5, 5.41) is 11.8. The molecule has 0 bridgehead atoms. The Morgan fingerprint density at radius 3 is 2.69 bits per heavy atom. The van der Waals surface area contributed by atoms with Crippen molar-refractivity contribution < 1.29 is 0 Å². The van der Waals surface area contributed by atoms with Gasteiger partial charge in [0.15, 0.2) is 0 Å². The summed E-state index contributed by atoms with van der Waals surface area (Å²) in [6, 6.07) is 2.77. The molecular weight excluding hydrogens is 160 g/mol. The molecule has 1 aliphatic carbocycles. The molecule has 0 unspecified atom stereocenters. The molecule has 1 aliphatic rings. The normalized spacial score (nSPS) is 20.9. The van der Waals surface area contributed by atoms with Crippen molar-refractivity contribution in [2.24, 2.45) is 5.92 Å². The van der Waals surface area contributed by atoms with E-state index in [0.717, 1.165) is 12.5 Å². The van der Waals surface area contributed by atoms with Gasteiger partial charge in [-0.25, -0.2) is 0 Å². The van der Waals surface area contributed by atoms with Crippen molar-refractivity contribution in [2.75, 3.05) is 6.54 Å². The highest BCUT2D eigenvalue weighted by Crippen LogP contribution is 2.26. The molecule has 2 nitrogen and oxygen atoms in total. The quantitative estimate of drug-likeness (QED) is 0.675. The smallest absolute Gasteiger partial charge is 0.0635 e. The molecule has 0 amide bonds. The van der Waals surface area contributed by atoms with E-state index in [9.17, 15) is 0 Å². The Morgan fingerprint density at radius 1 is 1.38 bits per heavy atom. The maximum atomic E-state index is 8.40. The minimum Gasteiger partial charge on any atom is -0.313 e. The second kappa shape index (κ2) is 5.99. The highest BCUT2D eigenvalue weighted by atomic mass is 14.9. The van der Waals surface area contributed by atoms with Gasteiger partial charge in [0.2, 0.25) is 0 Å². The standard InChI is InChI=1S/C11H20N2/c1-10(13-9-5-8-12)11-6-3-2-4-7-11/h10-11,13H,2-7,9H2,1H3/t10-/m0/s1. The van der Waals surface area contributed by atoms with Gasteiger partial charge in [0.05, 0.1) is 6.07 Å². The summed E-state index contributed by atoms with van der Waals surface area (Å²) in [6.45, 7) is 3.11. The van der Waals surface area contributed by atoms with Gasteiger partial charge in [0.25, 0.3) is 0 Å². The van der Waals surface area contributed by atoms with Crippen molar-refractivity contribution in [3.05, 3.63) is 0 Å². The van der Waals surface area contributed by atoms with E-state index in [1.54, 1.807) is 0 Å². The van der Waals surface area contributed by atoms with Crippen LogP contribution in [0.25, 0.3) is 0 Å². The lowest BCUT2D eigenvalue weighted by atomic mass is 9.84. The average molecular weight is 180 g/mol. The predicted octanol–water partition coefficient (Wildman–Crippen LogP) is 2.46. The lowest BCUT2D eigenvalue weighted by Gasteiger charge is -2.28. The summed E-state index contributed by atoms with van der Waals surface area (Å²) in [5.41, 5.74) is 0. The fraction of sp³-hybridized carbons (Fsp3) is 0.909. The summed E-state index contributed by atoms with van der Waals surface area (Å²) in [5.74, 6) is 0.854. The molecule has 1 atom stereocenters. The molecule has 2 heteroatoms. The maximum Gasteiger partial charge on any atom is 0.0635 e. The minimum absolute atomic E-state index is 0.605. The van der Waals surface area contributed by atoms with Crippen molar-refractivity contribution in [2.45, 2.75) is 51.5 Å². The van der Waals surface area contributed by atoms with E-state index in [2.05, 4.69) is 18.3 Å². The first-order chi connectivity index (χ1) is 6.34. The van der Waals surface area contributed by atoms with Crippen molar-refractivity contribution in [3.63, 3.8) is 0 Å². The second-order valence-electron chi connectivity index (χ2n) is 4.05. The number of nitrogens with one attached hydrogen (secondary N) is 1. The van der Waals surface area contributed by atoms with Crippen LogP contribution in [-0.2, 0) is 0 Å². The molecule has 0 aliphatic heterocycles. The largest absolute Gasteiger partial charge is 0.313 e. The monoisotopic (exact) mass is 180 g/mol. The number of nitrogens with zero attached hydrogens (tertiary/aromatic N) is 1. The average Bonchev–Trinajstić information content (AvgIpc) is 2.19. The maximum absolute atomic E-state index is 8.40. The first-order valence-corrected chi connectivity index (χ1v) is 5.45. The molecule has 1 rings (SSSR count). The molecule has 0 spiro atoms. The van der Waals surface area contributed by atoms with E-state index in [1.165, 1.54) is 32.1 Å². The van der Waals surface area contributed by atoms with Crippen LogP contribution in [0, 0.1) is 17.2 Å². The van der Waals surface area contributed by atoms with Crippen molar-refractivity contribution >= 4 is 0 Å². The van der Waals surface area contributed by atoms with Gasteiger partial charge in [0.1, 0.15) is 0 Å². The van der Waals surface area contributed by atoms with Crippen molar-refractivity contribution in [1.29, 1.82) is 5.26 Å². The summed E-state index contributed by atoms with van der Waals surface area (Å²) in [7, 11) is 0. The highest BCUT2D eigenvalue weighted by Gasteiger charge is 2.18. The Hall–Kier alpha value is -0.550. The second-order valence-corrected chi connectivity index (χ2v) is 4.05. The van der Waals surface area contributed by atoms with Crippen LogP contribution in [0.3, 0.4) is 0 Å². The SMILES string of the molecule is C[C@H](NCCC#N)C1CCCCC1. The van der Waals surface area contributed by atoms with E-state index in [4.69, 9.17) is 5.26 Å². The minimum atomic E-state index is 0.605. The van der Waals surface area contributed by atoms with E-state index < -0.39 is 0 Å². The molecule has 1 fully saturated rings. The fourth-order valence-electron chi connectivity index (χ4n) is 2.16. The van der Waals surface area contributed by atoms with E-state index in [-0.39, 0.29) is 0 Å². The Balaban J connectivity index is 2.14. The molecule has 1 N–H and O–H groups in total. The van der Waals surface area contributed by atoms with Gasteiger partial charge >= 0.3 is 0 Å². The zero-order valence-electron chi connectivity index (χ0n) is 8.55. The van der Waals surface area contributed by atoms with Gasteiger partial charge in [-0.05, 0) is 25.7 Å². The predicted molar refractivity (Wildman–Crippen MR) is 54.3 cm³/mol. The molecule has 1 saturated carbocycles. The summed E-state index contributed by atoms with van der Waals surface area (Å²) in [4.78, 5) is 0. The Kier molecular flexibility index (Phi) is 4.85. The Morgan fingerprint density at radius 2 is 2.08 bits per heavy atom. The van der Waals surface area contributed by atoms with Gasteiger partial charge in [-0.3, -0.25) is 0 Å². The zero-order valence-corrected chi connectivity index (χ0v) is 8.55. The first kappa shape index (κ1) is 10.5. The number of nitriles is 1. The third kappa shape index (κ3) is 3.78. The Labute approximate surface area is 81.3 Å². The fourth-order valence-corrected chi connectivity index (χ4v) is 2.16. The van der Waals surface area contributed by atoms with Crippen LogP contribution in [0.15, 0.2) is 0 Å². The lowest BCUT2D eigenvalue weighted by molar-refractivity contribution is 0.283. The molecule has 0 radical (unpaired) electrons. The molecule has 0 aromatic rings. The van der Waals surface area contributed by atoms with Gasteiger partial charge in [0, 0.05) is 19.0 Å². The molecule has 13 heavy (non-hydrogen) atoms. The van der Waals surface area contributed by atoms with Gasteiger partial charge in [-0.2, -0.15) is 5.26 Å². The van der Waals surface area contributed by atoms with Crippen LogP contribution < -0.4 is 5.32 Å². The summed E-state index contributed by atoms with van der Waals surface area (Å²) < 4.78 is 0. The molecule has 0 saturated heterocycles. The van der Waals surface area contributed by atoms with Crippen LogP contribution in [0.4, 0.5) is 0 Å². The lowest BCUT2D eigenvalue weighted by Crippen LogP contribution is -2.35. The van der Waals surface area contributed by atoms with Crippen LogP contribution in [0.2, 0.25) is 0 Å². The van der Waals surface area contributed by atoms with Gasteiger partial charge in [-0.1, -0.05) is 19.3 Å². The highest BCUT2D eigenvalue weighted by molar-refractivity contribution is 4.78.